The molecule has 0 saturated heterocycles. The van der Waals surface area contributed by atoms with Crippen LogP contribution in [0.2, 0.25) is 0 Å². The number of thiazole rings is 1. The van der Waals surface area contributed by atoms with Crippen molar-refractivity contribution in [1.29, 1.82) is 0 Å². The summed E-state index contributed by atoms with van der Waals surface area (Å²) in [5.74, 6) is -0.613. The Kier molecular flexibility index (Phi) is 4.88. The first-order valence-corrected chi connectivity index (χ1v) is 8.27. The minimum Gasteiger partial charge on any atom is -0.379 e. The van der Waals surface area contributed by atoms with Crippen molar-refractivity contribution in [2.45, 2.75) is 25.7 Å². The van der Waals surface area contributed by atoms with Gasteiger partial charge in [-0.1, -0.05) is 6.07 Å². The maximum absolute atomic E-state index is 12.6. The molecule has 0 aliphatic carbocycles. The summed E-state index contributed by atoms with van der Waals surface area (Å²) in [7, 11) is 0. The van der Waals surface area contributed by atoms with Crippen molar-refractivity contribution < 1.29 is 23.1 Å². The highest BCUT2D eigenvalue weighted by molar-refractivity contribution is 7.13. The molecular weight excluding hydrogens is 369 g/mol. The molecule has 6 nitrogen and oxygen atoms in total. The molecule has 2 N–H and O–H groups in total. The number of amides is 1. The van der Waals surface area contributed by atoms with Crippen molar-refractivity contribution in [1.82, 2.24) is 20.3 Å². The summed E-state index contributed by atoms with van der Waals surface area (Å²) in [6.45, 7) is 1.47. The number of carbonyl (C=O) groups is 1. The van der Waals surface area contributed by atoms with Crippen molar-refractivity contribution in [2.75, 3.05) is 0 Å². The third-order valence-electron chi connectivity index (χ3n) is 3.57. The normalized spacial score (nSPS) is 13.0. The number of alkyl halides is 3. The van der Waals surface area contributed by atoms with Crippen LogP contribution < -0.4 is 5.32 Å². The lowest BCUT2D eigenvalue weighted by atomic mass is 10.2. The van der Waals surface area contributed by atoms with Gasteiger partial charge in [0.2, 0.25) is 0 Å². The van der Waals surface area contributed by atoms with Crippen LogP contribution in [0.25, 0.3) is 11.0 Å². The molecule has 0 saturated carbocycles. The number of aliphatic hydroxyl groups excluding tert-OH is 1. The number of halogens is 3. The van der Waals surface area contributed by atoms with Gasteiger partial charge in [0.25, 0.3) is 5.91 Å². The third-order valence-corrected chi connectivity index (χ3v) is 4.78. The van der Waals surface area contributed by atoms with Gasteiger partial charge in [-0.3, -0.25) is 14.8 Å². The number of rotatable bonds is 4. The van der Waals surface area contributed by atoms with Gasteiger partial charge < -0.3 is 10.4 Å². The molecule has 0 radical (unpaired) electrons. The lowest BCUT2D eigenvalue weighted by Crippen LogP contribution is -2.22. The van der Waals surface area contributed by atoms with Gasteiger partial charge in [-0.25, -0.2) is 4.98 Å². The van der Waals surface area contributed by atoms with Crippen molar-refractivity contribution in [3.63, 3.8) is 0 Å². The molecule has 1 aromatic carbocycles. The average Bonchev–Trinajstić information content (AvgIpc) is 2.99. The molecule has 0 spiro atoms. The number of aromatic nitrogens is 3. The van der Waals surface area contributed by atoms with Gasteiger partial charge >= 0.3 is 6.18 Å². The number of hydrogen-bond donors (Lipinski definition) is 2. The van der Waals surface area contributed by atoms with Crippen LogP contribution in [0.1, 0.15) is 32.0 Å². The number of aliphatic hydroxyl groups is 1. The van der Waals surface area contributed by atoms with Gasteiger partial charge in [-0.2, -0.15) is 13.2 Å². The first-order valence-electron chi connectivity index (χ1n) is 7.45. The highest BCUT2D eigenvalue weighted by Gasteiger charge is 2.42. The lowest BCUT2D eigenvalue weighted by Gasteiger charge is -2.12. The molecule has 136 valence electrons. The van der Waals surface area contributed by atoms with Gasteiger partial charge in [0.15, 0.2) is 11.1 Å². The first-order chi connectivity index (χ1) is 12.3. The Hall–Kier alpha value is -2.59. The molecule has 10 heteroatoms. The third kappa shape index (κ3) is 3.81. The molecular formula is C16H13F3N4O2S. The maximum atomic E-state index is 12.6. The van der Waals surface area contributed by atoms with Gasteiger partial charge in [0.05, 0.1) is 21.6 Å². The molecule has 1 unspecified atom stereocenters. The lowest BCUT2D eigenvalue weighted by molar-refractivity contribution is -0.205. The molecule has 3 rings (SSSR count). The van der Waals surface area contributed by atoms with E-state index < -0.39 is 18.2 Å². The summed E-state index contributed by atoms with van der Waals surface area (Å²) in [4.78, 5) is 23.9. The maximum Gasteiger partial charge on any atom is 0.419 e. The second kappa shape index (κ2) is 6.96. The van der Waals surface area contributed by atoms with E-state index in [4.69, 9.17) is 0 Å². The molecule has 0 fully saturated rings. The highest BCUT2D eigenvalue weighted by Crippen LogP contribution is 2.37. The van der Waals surface area contributed by atoms with E-state index in [2.05, 4.69) is 20.3 Å². The van der Waals surface area contributed by atoms with E-state index in [9.17, 15) is 23.1 Å². The number of benzene rings is 1. The summed E-state index contributed by atoms with van der Waals surface area (Å²) in [6.07, 6.45) is -4.34. The minimum absolute atomic E-state index is 0.0223. The Balaban J connectivity index is 1.72. The largest absolute Gasteiger partial charge is 0.419 e. The summed E-state index contributed by atoms with van der Waals surface area (Å²) in [5.41, 5.74) is 2.12. The fraction of sp³-hybridized carbons (Fsp3) is 0.250. The number of aryl methyl sites for hydroxylation is 1. The van der Waals surface area contributed by atoms with Gasteiger partial charge in [-0.05, 0) is 24.6 Å². The molecule has 3 aromatic rings. The van der Waals surface area contributed by atoms with E-state index in [1.165, 1.54) is 6.92 Å². The first kappa shape index (κ1) is 18.2. The van der Waals surface area contributed by atoms with E-state index in [0.717, 1.165) is 5.56 Å². The van der Waals surface area contributed by atoms with Crippen LogP contribution >= 0.6 is 11.3 Å². The van der Waals surface area contributed by atoms with E-state index in [0.29, 0.717) is 22.4 Å². The predicted octanol–water partition coefficient (Wildman–Crippen LogP) is 2.92. The highest BCUT2D eigenvalue weighted by atomic mass is 32.1. The molecule has 26 heavy (non-hydrogen) atoms. The second-order valence-corrected chi connectivity index (χ2v) is 6.51. The Bertz CT molecular complexity index is 958. The quantitative estimate of drug-likeness (QED) is 0.724. The number of hydrogen-bond acceptors (Lipinski definition) is 6. The zero-order chi connectivity index (χ0) is 18.9. The summed E-state index contributed by atoms with van der Waals surface area (Å²) >= 11 is 0.525. The minimum atomic E-state index is -4.81. The number of nitrogens with zero attached hydrogens (tertiary/aromatic N) is 3. The second-order valence-electron chi connectivity index (χ2n) is 5.47. The van der Waals surface area contributed by atoms with E-state index >= 15 is 0 Å². The number of fused-ring (bicyclic) bond motifs is 1. The van der Waals surface area contributed by atoms with Crippen molar-refractivity contribution in [3.05, 3.63) is 51.7 Å². The van der Waals surface area contributed by atoms with Crippen molar-refractivity contribution in [3.8, 4) is 0 Å². The van der Waals surface area contributed by atoms with Gasteiger partial charge in [0.1, 0.15) is 0 Å². The molecule has 0 bridgehead atoms. The van der Waals surface area contributed by atoms with Crippen molar-refractivity contribution in [2.24, 2.45) is 0 Å². The Morgan fingerprint density at radius 2 is 1.96 bits per heavy atom. The molecule has 2 aromatic heterocycles. The molecule has 1 atom stereocenters. The van der Waals surface area contributed by atoms with Gasteiger partial charge in [0, 0.05) is 18.9 Å². The monoisotopic (exact) mass is 382 g/mol. The van der Waals surface area contributed by atoms with Crippen LogP contribution in [0.5, 0.6) is 0 Å². The average molecular weight is 382 g/mol. The van der Waals surface area contributed by atoms with Crippen LogP contribution in [0.4, 0.5) is 13.2 Å². The summed E-state index contributed by atoms with van der Waals surface area (Å²) in [6, 6.07) is 5.28. The molecule has 1 amide bonds. The fourth-order valence-corrected chi connectivity index (χ4v) is 3.28. The van der Waals surface area contributed by atoms with Crippen LogP contribution in [0, 0.1) is 6.92 Å². The Morgan fingerprint density at radius 3 is 2.65 bits per heavy atom. The van der Waals surface area contributed by atoms with Crippen LogP contribution in [0.3, 0.4) is 0 Å². The fourth-order valence-electron chi connectivity index (χ4n) is 2.28. The van der Waals surface area contributed by atoms with Crippen LogP contribution in [0.15, 0.2) is 30.6 Å². The van der Waals surface area contributed by atoms with E-state index in [1.807, 2.05) is 0 Å². The molecule has 2 heterocycles. The summed E-state index contributed by atoms with van der Waals surface area (Å²) < 4.78 is 37.9. The SMILES string of the molecule is Cc1nc(C(=O)NCc2ccc3nccnc3c2)sc1C(O)C(F)(F)F. The van der Waals surface area contributed by atoms with Crippen LogP contribution in [-0.4, -0.2) is 32.1 Å². The van der Waals surface area contributed by atoms with E-state index in [1.54, 1.807) is 30.6 Å². The molecule has 0 aliphatic rings. The zero-order valence-electron chi connectivity index (χ0n) is 13.4. The Morgan fingerprint density at radius 1 is 1.27 bits per heavy atom. The van der Waals surface area contributed by atoms with Crippen LogP contribution in [-0.2, 0) is 6.54 Å². The number of nitrogens with one attached hydrogen (secondary N) is 1. The standard InChI is InChI=1S/C16H13F3N4O2S/c1-8-12(13(24)16(17,18)19)26-15(23-8)14(25)22-7-9-2-3-10-11(6-9)21-5-4-20-10/h2-6,13,24H,7H2,1H3,(H,22,25). The topological polar surface area (TPSA) is 88.0 Å². The Labute approximate surface area is 149 Å². The number of carbonyl (C=O) groups excluding carboxylic acids is 1. The van der Waals surface area contributed by atoms with Crippen molar-refractivity contribution >= 4 is 28.3 Å². The molecule has 0 aliphatic heterocycles. The predicted molar refractivity (Wildman–Crippen MR) is 88.6 cm³/mol. The van der Waals surface area contributed by atoms with Gasteiger partial charge in [-0.15, -0.1) is 11.3 Å². The summed E-state index contributed by atoms with van der Waals surface area (Å²) in [5, 5.41) is 11.8. The van der Waals surface area contributed by atoms with E-state index in [-0.39, 0.29) is 22.1 Å². The smallest absolute Gasteiger partial charge is 0.379 e. The zero-order valence-corrected chi connectivity index (χ0v) is 14.2.